The molecule has 1 aromatic heterocycles. The van der Waals surface area contributed by atoms with Crippen LogP contribution in [-0.4, -0.2) is 0 Å². The average Bonchev–Trinajstić information content (AvgIpc) is 3.55. The van der Waals surface area contributed by atoms with Gasteiger partial charge in [0, 0.05) is 25.7 Å². The molecule has 9 aromatic carbocycles. The monoisotopic (exact) mass is 639 g/mol. The first-order chi connectivity index (χ1) is 24.7. The van der Waals surface area contributed by atoms with Crippen molar-refractivity contribution in [3.05, 3.63) is 182 Å². The maximum atomic E-state index is 8.10. The van der Waals surface area contributed by atoms with E-state index in [2.05, 4.69) is 164 Å². The third-order valence-electron chi connectivity index (χ3n) is 9.98. The maximum Gasteiger partial charge on any atom is 0.0623 e. The summed E-state index contributed by atoms with van der Waals surface area (Å²) >= 11 is 1.89. The van der Waals surface area contributed by atoms with E-state index in [1.165, 1.54) is 86.2 Å². The first-order valence-electron chi connectivity index (χ1n) is 17.3. The van der Waals surface area contributed by atoms with E-state index in [1.807, 2.05) is 23.5 Å². The molecule has 0 nitrogen and oxygen atoms in total. The molecular formula is C48H30S. The number of hydrogen-bond acceptors (Lipinski definition) is 1. The fourth-order valence-corrected chi connectivity index (χ4v) is 9.00. The Morgan fingerprint density at radius 3 is 1.73 bits per heavy atom. The second kappa shape index (κ2) is 11.3. The molecule has 10 rings (SSSR count). The van der Waals surface area contributed by atoms with Crippen molar-refractivity contribution in [2.75, 3.05) is 0 Å². The molecular weight excluding hydrogens is 609 g/mol. The van der Waals surface area contributed by atoms with Crippen molar-refractivity contribution < 1.29 is 1.37 Å². The van der Waals surface area contributed by atoms with Crippen LogP contribution in [0.1, 0.15) is 1.37 Å². The van der Waals surface area contributed by atoms with Gasteiger partial charge in [-0.1, -0.05) is 158 Å². The second-order valence-corrected chi connectivity index (χ2v) is 13.8. The third kappa shape index (κ3) is 4.51. The molecule has 0 bridgehead atoms. The molecule has 1 heterocycles. The molecule has 0 unspecified atom stereocenters. The Morgan fingerprint density at radius 1 is 0.347 bits per heavy atom. The van der Waals surface area contributed by atoms with Gasteiger partial charge in [0.25, 0.3) is 0 Å². The Kier molecular flexibility index (Phi) is 6.22. The van der Waals surface area contributed by atoms with Gasteiger partial charge in [0.15, 0.2) is 0 Å². The largest absolute Gasteiger partial charge is 0.135 e. The Bertz CT molecular complexity index is 2880. The predicted molar refractivity (Wildman–Crippen MR) is 214 cm³/mol. The lowest BCUT2D eigenvalue weighted by Gasteiger charge is -2.20. The van der Waals surface area contributed by atoms with E-state index in [-0.39, 0.29) is 0 Å². The highest BCUT2D eigenvalue weighted by Gasteiger charge is 2.21. The number of fused-ring (bicyclic) bond motifs is 6. The fourth-order valence-electron chi connectivity index (χ4n) is 7.78. The van der Waals surface area contributed by atoms with Gasteiger partial charge in [-0.15, -0.1) is 11.3 Å². The molecule has 49 heavy (non-hydrogen) atoms. The van der Waals surface area contributed by atoms with Gasteiger partial charge < -0.3 is 0 Å². The number of rotatable bonds is 4. The van der Waals surface area contributed by atoms with Crippen LogP contribution in [0, 0.1) is 0 Å². The normalized spacial score (nSPS) is 12.0. The van der Waals surface area contributed by atoms with Gasteiger partial charge in [0.1, 0.15) is 0 Å². The third-order valence-corrected chi connectivity index (χ3v) is 11.2. The SMILES string of the molecule is [2H]c1ccc2cc(-c3ccccc3-c3c4ccccc4c(-c4cc(-c5ccccc5)c5sc6ccccc6c5c4)c4ccccc34)ccc2c1. The lowest BCUT2D eigenvalue weighted by molar-refractivity contribution is 1.62. The van der Waals surface area contributed by atoms with Crippen molar-refractivity contribution >= 4 is 63.8 Å². The van der Waals surface area contributed by atoms with Crippen LogP contribution in [0.5, 0.6) is 0 Å². The standard InChI is InChI=1S/C48H30S/c1-2-15-32(16-3-1)43-29-35(30-44-37-19-12-13-25-45(37)49-48(43)44)46-39-21-8-10-23-41(39)47(42-24-11-9-22-40(42)46)38-20-7-6-18-36(38)34-27-26-31-14-4-5-17-33(31)28-34/h1-30H/i4D. The Hall–Kier alpha value is -6.02. The molecule has 0 atom stereocenters. The molecule has 1 heteroatoms. The van der Waals surface area contributed by atoms with Crippen molar-refractivity contribution in [3.8, 4) is 44.5 Å². The van der Waals surface area contributed by atoms with E-state index in [0.29, 0.717) is 6.04 Å². The lowest BCUT2D eigenvalue weighted by Crippen LogP contribution is -1.93. The van der Waals surface area contributed by atoms with Crippen LogP contribution in [0.4, 0.5) is 0 Å². The second-order valence-electron chi connectivity index (χ2n) is 12.7. The minimum Gasteiger partial charge on any atom is -0.135 e. The molecule has 0 N–H and O–H groups in total. The Labute approximate surface area is 290 Å². The van der Waals surface area contributed by atoms with Crippen LogP contribution in [0.3, 0.4) is 0 Å². The van der Waals surface area contributed by atoms with Crippen LogP contribution in [0.15, 0.2) is 182 Å². The van der Waals surface area contributed by atoms with Crippen molar-refractivity contribution in [2.24, 2.45) is 0 Å². The minimum absolute atomic E-state index is 0.533. The zero-order chi connectivity index (χ0) is 33.2. The van der Waals surface area contributed by atoms with Crippen molar-refractivity contribution in [1.29, 1.82) is 0 Å². The van der Waals surface area contributed by atoms with E-state index in [0.717, 1.165) is 10.8 Å². The zero-order valence-corrected chi connectivity index (χ0v) is 27.5. The summed E-state index contributed by atoms with van der Waals surface area (Å²) in [6.07, 6.45) is 0. The van der Waals surface area contributed by atoms with Gasteiger partial charge in [0.05, 0.1) is 1.37 Å². The molecule has 0 spiro atoms. The average molecular weight is 640 g/mol. The highest BCUT2D eigenvalue weighted by atomic mass is 32.1. The first kappa shape index (κ1) is 27.0. The van der Waals surface area contributed by atoms with Gasteiger partial charge in [-0.2, -0.15) is 0 Å². The molecule has 0 radical (unpaired) electrons. The highest BCUT2D eigenvalue weighted by Crippen LogP contribution is 2.49. The van der Waals surface area contributed by atoms with E-state index in [9.17, 15) is 0 Å². The number of benzene rings is 9. The van der Waals surface area contributed by atoms with Gasteiger partial charge in [0.2, 0.25) is 0 Å². The molecule has 0 aliphatic heterocycles. The van der Waals surface area contributed by atoms with E-state index in [4.69, 9.17) is 1.37 Å². The summed E-state index contributed by atoms with van der Waals surface area (Å²) in [5.41, 5.74) is 9.85. The van der Waals surface area contributed by atoms with Gasteiger partial charge in [-0.25, -0.2) is 0 Å². The molecule has 10 aromatic rings. The van der Waals surface area contributed by atoms with E-state index in [1.54, 1.807) is 0 Å². The predicted octanol–water partition coefficient (Wildman–Crippen LogP) is 14.2. The lowest BCUT2D eigenvalue weighted by atomic mass is 9.83. The topological polar surface area (TPSA) is 0 Å². The Morgan fingerprint density at radius 2 is 0.980 bits per heavy atom. The van der Waals surface area contributed by atoms with Gasteiger partial charge in [-0.05, 0) is 95.5 Å². The van der Waals surface area contributed by atoms with Crippen LogP contribution in [-0.2, 0) is 0 Å². The summed E-state index contributed by atoms with van der Waals surface area (Å²) in [6.45, 7) is 0. The van der Waals surface area contributed by atoms with Crippen LogP contribution < -0.4 is 0 Å². The molecule has 0 aliphatic rings. The smallest absolute Gasteiger partial charge is 0.0623 e. The molecule has 0 fully saturated rings. The van der Waals surface area contributed by atoms with Crippen LogP contribution in [0.2, 0.25) is 0 Å². The molecule has 0 saturated carbocycles. The summed E-state index contributed by atoms with van der Waals surface area (Å²) in [5.74, 6) is 0. The quantitative estimate of drug-likeness (QED) is 0.168. The van der Waals surface area contributed by atoms with Crippen LogP contribution in [0.25, 0.3) is 97.0 Å². The van der Waals surface area contributed by atoms with Crippen molar-refractivity contribution in [3.63, 3.8) is 0 Å². The van der Waals surface area contributed by atoms with Gasteiger partial charge in [-0.3, -0.25) is 0 Å². The highest BCUT2D eigenvalue weighted by molar-refractivity contribution is 7.26. The summed E-state index contributed by atoms with van der Waals surface area (Å²) in [7, 11) is 0. The summed E-state index contributed by atoms with van der Waals surface area (Å²) in [4.78, 5) is 0. The number of thiophene rings is 1. The molecule has 0 aliphatic carbocycles. The summed E-state index contributed by atoms with van der Waals surface area (Å²) in [6, 6.07) is 64.2. The summed E-state index contributed by atoms with van der Waals surface area (Å²) < 4.78 is 10.7. The van der Waals surface area contributed by atoms with Crippen molar-refractivity contribution in [2.45, 2.75) is 0 Å². The molecule has 228 valence electrons. The maximum absolute atomic E-state index is 8.10. The summed E-state index contributed by atoms with van der Waals surface area (Å²) in [5, 5.41) is 9.81. The molecule has 0 saturated heterocycles. The van der Waals surface area contributed by atoms with E-state index < -0.39 is 0 Å². The zero-order valence-electron chi connectivity index (χ0n) is 27.7. The Balaban J connectivity index is 1.29. The minimum atomic E-state index is 0.533. The first-order valence-corrected chi connectivity index (χ1v) is 17.6. The molecule has 0 amide bonds. The van der Waals surface area contributed by atoms with E-state index >= 15 is 0 Å². The van der Waals surface area contributed by atoms with Gasteiger partial charge >= 0.3 is 0 Å². The van der Waals surface area contributed by atoms with Crippen molar-refractivity contribution in [1.82, 2.24) is 0 Å². The fraction of sp³-hybridized carbons (Fsp3) is 0. The number of hydrogen-bond donors (Lipinski definition) is 0. The van der Waals surface area contributed by atoms with Crippen LogP contribution >= 0.6 is 11.3 Å².